The van der Waals surface area contributed by atoms with Crippen LogP contribution in [0.5, 0.6) is 0 Å². The van der Waals surface area contributed by atoms with Crippen LogP contribution in [0.2, 0.25) is 0 Å². The first-order valence-electron chi connectivity index (χ1n) is 6.91. The maximum Gasteiger partial charge on any atom is 0.212 e. The smallest absolute Gasteiger partial charge is 0.212 e. The molecule has 0 radical (unpaired) electrons. The summed E-state index contributed by atoms with van der Waals surface area (Å²) in [5.74, 6) is 1.08. The molecule has 2 atom stereocenters. The lowest BCUT2D eigenvalue weighted by Crippen LogP contribution is -2.39. The standard InChI is InChI=1S/C13H28N2O2S/c1-13(2,3)10-18(16,17)15-9-12-7-5-4-6-11(12)8-14/h11-12,15H,4-10,14H2,1-3H3. The second-order valence-corrected chi connectivity index (χ2v) is 8.52. The Bertz CT molecular complexity index is 346. The van der Waals surface area contributed by atoms with Gasteiger partial charge in [0.25, 0.3) is 0 Å². The van der Waals surface area contributed by atoms with Gasteiger partial charge in [0.1, 0.15) is 0 Å². The van der Waals surface area contributed by atoms with Gasteiger partial charge in [-0.1, -0.05) is 33.6 Å². The molecule has 0 aliphatic heterocycles. The predicted molar refractivity (Wildman–Crippen MR) is 75.7 cm³/mol. The van der Waals surface area contributed by atoms with Crippen molar-refractivity contribution in [2.75, 3.05) is 18.8 Å². The maximum absolute atomic E-state index is 11.9. The van der Waals surface area contributed by atoms with Gasteiger partial charge in [0.05, 0.1) is 5.75 Å². The highest BCUT2D eigenvalue weighted by atomic mass is 32.2. The van der Waals surface area contributed by atoms with Crippen LogP contribution in [0.3, 0.4) is 0 Å². The van der Waals surface area contributed by atoms with E-state index in [-0.39, 0.29) is 11.2 Å². The second-order valence-electron chi connectivity index (χ2n) is 6.71. The summed E-state index contributed by atoms with van der Waals surface area (Å²) in [6.45, 7) is 7.05. The molecule has 0 amide bonds. The van der Waals surface area contributed by atoms with E-state index >= 15 is 0 Å². The van der Waals surface area contributed by atoms with Gasteiger partial charge in [-0.05, 0) is 36.6 Å². The SMILES string of the molecule is CC(C)(C)CS(=O)(=O)NCC1CCCCC1CN. The lowest BCUT2D eigenvalue weighted by atomic mass is 9.79. The Hall–Kier alpha value is -0.130. The summed E-state index contributed by atoms with van der Waals surface area (Å²) in [4.78, 5) is 0. The van der Waals surface area contributed by atoms with Crippen LogP contribution in [-0.2, 0) is 10.0 Å². The average molecular weight is 276 g/mol. The van der Waals surface area contributed by atoms with Crippen molar-refractivity contribution in [2.45, 2.75) is 46.5 Å². The first kappa shape index (κ1) is 15.9. The van der Waals surface area contributed by atoms with Crippen LogP contribution >= 0.6 is 0 Å². The summed E-state index contributed by atoms with van der Waals surface area (Å²) >= 11 is 0. The van der Waals surface area contributed by atoms with E-state index < -0.39 is 10.0 Å². The normalized spacial score (nSPS) is 26.2. The highest BCUT2D eigenvalue weighted by molar-refractivity contribution is 7.89. The van der Waals surface area contributed by atoms with Crippen molar-refractivity contribution in [3.8, 4) is 0 Å². The summed E-state index contributed by atoms with van der Waals surface area (Å²) < 4.78 is 26.6. The van der Waals surface area contributed by atoms with Gasteiger partial charge in [0, 0.05) is 6.54 Å². The van der Waals surface area contributed by atoms with Crippen LogP contribution in [0.25, 0.3) is 0 Å². The molecule has 1 aliphatic rings. The zero-order valence-corrected chi connectivity index (χ0v) is 12.7. The van der Waals surface area contributed by atoms with Crippen molar-refractivity contribution in [2.24, 2.45) is 23.0 Å². The summed E-state index contributed by atoms with van der Waals surface area (Å²) in [5.41, 5.74) is 5.55. The lowest BCUT2D eigenvalue weighted by molar-refractivity contribution is 0.244. The van der Waals surface area contributed by atoms with Gasteiger partial charge < -0.3 is 5.73 Å². The van der Waals surface area contributed by atoms with E-state index in [1.165, 1.54) is 12.8 Å². The van der Waals surface area contributed by atoms with Gasteiger partial charge in [-0.25, -0.2) is 13.1 Å². The minimum atomic E-state index is -3.16. The van der Waals surface area contributed by atoms with Crippen LogP contribution in [0.4, 0.5) is 0 Å². The third kappa shape index (κ3) is 5.67. The monoisotopic (exact) mass is 276 g/mol. The van der Waals surface area contributed by atoms with Crippen molar-refractivity contribution in [3.63, 3.8) is 0 Å². The number of hydrogen-bond donors (Lipinski definition) is 2. The summed E-state index contributed by atoms with van der Waals surface area (Å²) in [5, 5.41) is 0. The molecular weight excluding hydrogens is 248 g/mol. The lowest BCUT2D eigenvalue weighted by Gasteiger charge is -2.31. The average Bonchev–Trinajstić information content (AvgIpc) is 2.23. The molecule has 1 aliphatic carbocycles. The van der Waals surface area contributed by atoms with Crippen LogP contribution in [0.15, 0.2) is 0 Å². The Balaban J connectivity index is 2.48. The minimum absolute atomic E-state index is 0.181. The molecule has 18 heavy (non-hydrogen) atoms. The van der Waals surface area contributed by atoms with Crippen molar-refractivity contribution in [1.82, 2.24) is 4.72 Å². The molecule has 4 nitrogen and oxygen atoms in total. The maximum atomic E-state index is 11.9. The molecule has 0 aromatic carbocycles. The highest BCUT2D eigenvalue weighted by Gasteiger charge is 2.27. The zero-order chi connectivity index (χ0) is 13.8. The third-order valence-electron chi connectivity index (χ3n) is 3.56. The Kier molecular flexibility index (Phi) is 5.62. The van der Waals surface area contributed by atoms with E-state index in [4.69, 9.17) is 5.73 Å². The molecule has 3 N–H and O–H groups in total. The van der Waals surface area contributed by atoms with Crippen molar-refractivity contribution in [3.05, 3.63) is 0 Å². The topological polar surface area (TPSA) is 72.2 Å². The molecule has 0 aromatic rings. The van der Waals surface area contributed by atoms with E-state index in [1.807, 2.05) is 20.8 Å². The van der Waals surface area contributed by atoms with E-state index in [0.29, 0.717) is 24.9 Å². The molecule has 0 aromatic heterocycles. The molecule has 0 heterocycles. The van der Waals surface area contributed by atoms with E-state index in [2.05, 4.69) is 4.72 Å². The number of rotatable bonds is 5. The van der Waals surface area contributed by atoms with Gasteiger partial charge >= 0.3 is 0 Å². The van der Waals surface area contributed by atoms with Crippen LogP contribution < -0.4 is 10.5 Å². The van der Waals surface area contributed by atoms with Crippen LogP contribution in [0.1, 0.15) is 46.5 Å². The summed E-state index contributed by atoms with van der Waals surface area (Å²) in [6, 6.07) is 0. The Morgan fingerprint density at radius 2 is 1.72 bits per heavy atom. The Morgan fingerprint density at radius 3 is 2.22 bits per heavy atom. The van der Waals surface area contributed by atoms with Gasteiger partial charge in [0.15, 0.2) is 0 Å². The quantitative estimate of drug-likeness (QED) is 0.803. The molecule has 0 spiro atoms. The number of hydrogen-bond acceptors (Lipinski definition) is 3. The minimum Gasteiger partial charge on any atom is -0.330 e. The number of nitrogens with one attached hydrogen (secondary N) is 1. The van der Waals surface area contributed by atoms with E-state index in [9.17, 15) is 8.42 Å². The Labute approximate surface area is 112 Å². The molecular formula is C13H28N2O2S. The van der Waals surface area contributed by atoms with Crippen molar-refractivity contribution < 1.29 is 8.42 Å². The molecule has 108 valence electrons. The van der Waals surface area contributed by atoms with Crippen LogP contribution in [0, 0.1) is 17.3 Å². The molecule has 1 rings (SSSR count). The molecule has 2 unspecified atom stereocenters. The molecule has 1 fully saturated rings. The molecule has 0 bridgehead atoms. The molecule has 1 saturated carbocycles. The summed E-state index contributed by atoms with van der Waals surface area (Å²) in [7, 11) is -3.16. The largest absolute Gasteiger partial charge is 0.330 e. The van der Waals surface area contributed by atoms with Crippen molar-refractivity contribution in [1.29, 1.82) is 0 Å². The fourth-order valence-corrected chi connectivity index (χ4v) is 4.43. The highest BCUT2D eigenvalue weighted by Crippen LogP contribution is 2.29. The molecule has 5 heteroatoms. The number of sulfonamides is 1. The van der Waals surface area contributed by atoms with E-state index in [1.54, 1.807) is 0 Å². The van der Waals surface area contributed by atoms with Gasteiger partial charge in [-0.2, -0.15) is 0 Å². The Morgan fingerprint density at radius 1 is 1.17 bits per heavy atom. The van der Waals surface area contributed by atoms with E-state index in [0.717, 1.165) is 12.8 Å². The first-order chi connectivity index (χ1) is 8.23. The number of nitrogens with two attached hydrogens (primary N) is 1. The van der Waals surface area contributed by atoms with Crippen LogP contribution in [-0.4, -0.2) is 27.3 Å². The van der Waals surface area contributed by atoms with Crippen molar-refractivity contribution >= 4 is 10.0 Å². The van der Waals surface area contributed by atoms with Gasteiger partial charge in [-0.3, -0.25) is 0 Å². The second kappa shape index (κ2) is 6.35. The zero-order valence-electron chi connectivity index (χ0n) is 11.9. The first-order valence-corrected chi connectivity index (χ1v) is 8.56. The molecule has 0 saturated heterocycles. The third-order valence-corrected chi connectivity index (χ3v) is 5.41. The summed E-state index contributed by atoms with van der Waals surface area (Å²) in [6.07, 6.45) is 4.66. The van der Waals surface area contributed by atoms with Gasteiger partial charge in [-0.15, -0.1) is 0 Å². The fraction of sp³-hybridized carbons (Fsp3) is 1.00. The fourth-order valence-electron chi connectivity index (χ4n) is 2.72. The predicted octanol–water partition coefficient (Wildman–Crippen LogP) is 1.72. The van der Waals surface area contributed by atoms with Gasteiger partial charge in [0.2, 0.25) is 10.0 Å².